The molecule has 0 aromatic heterocycles. The SMILES string of the molecule is CCc1ccc(OCC(O)CNC(C)CC)cc1. The number of aliphatic hydroxyl groups is 1. The van der Waals surface area contributed by atoms with Crippen molar-refractivity contribution in [2.45, 2.75) is 45.8 Å². The summed E-state index contributed by atoms with van der Waals surface area (Å²) in [6.45, 7) is 7.25. The van der Waals surface area contributed by atoms with E-state index in [4.69, 9.17) is 4.74 Å². The average Bonchev–Trinajstić information content (AvgIpc) is 2.42. The Labute approximate surface area is 110 Å². The summed E-state index contributed by atoms with van der Waals surface area (Å²) in [5.41, 5.74) is 1.29. The molecule has 0 fully saturated rings. The molecule has 1 aromatic rings. The second-order valence-corrected chi connectivity index (χ2v) is 4.68. The molecule has 0 amide bonds. The first kappa shape index (κ1) is 15.0. The summed E-state index contributed by atoms with van der Waals surface area (Å²) in [4.78, 5) is 0. The van der Waals surface area contributed by atoms with Crippen LogP contribution in [-0.4, -0.2) is 30.4 Å². The average molecular weight is 251 g/mol. The van der Waals surface area contributed by atoms with Gasteiger partial charge in [0.05, 0.1) is 0 Å². The molecule has 3 nitrogen and oxygen atoms in total. The van der Waals surface area contributed by atoms with Gasteiger partial charge in [-0.25, -0.2) is 0 Å². The van der Waals surface area contributed by atoms with Gasteiger partial charge < -0.3 is 15.2 Å². The molecule has 0 aliphatic carbocycles. The molecule has 2 atom stereocenters. The molecular weight excluding hydrogens is 226 g/mol. The Hall–Kier alpha value is -1.06. The highest BCUT2D eigenvalue weighted by atomic mass is 16.5. The fraction of sp³-hybridized carbons (Fsp3) is 0.600. The van der Waals surface area contributed by atoms with Crippen LogP contribution in [0, 0.1) is 0 Å². The molecule has 0 bridgehead atoms. The minimum absolute atomic E-state index is 0.328. The van der Waals surface area contributed by atoms with E-state index >= 15 is 0 Å². The standard InChI is InChI=1S/C15H25NO2/c1-4-12(3)16-10-14(17)11-18-15-8-6-13(5-2)7-9-15/h6-9,12,14,16-17H,4-5,10-11H2,1-3H3. The number of hydrogen-bond acceptors (Lipinski definition) is 3. The summed E-state index contributed by atoms with van der Waals surface area (Å²) in [6.07, 6.45) is 1.62. The molecule has 0 radical (unpaired) electrons. The Morgan fingerprint density at radius 1 is 1.22 bits per heavy atom. The maximum atomic E-state index is 9.77. The number of ether oxygens (including phenoxy) is 1. The second-order valence-electron chi connectivity index (χ2n) is 4.68. The molecule has 3 heteroatoms. The molecule has 0 saturated heterocycles. The summed E-state index contributed by atoms with van der Waals surface area (Å²) in [7, 11) is 0. The number of rotatable bonds is 8. The zero-order valence-corrected chi connectivity index (χ0v) is 11.6. The lowest BCUT2D eigenvalue weighted by Crippen LogP contribution is -2.36. The van der Waals surface area contributed by atoms with E-state index in [1.165, 1.54) is 5.56 Å². The number of benzene rings is 1. The normalized spacial score (nSPS) is 14.2. The molecule has 0 heterocycles. The first-order valence-electron chi connectivity index (χ1n) is 6.78. The van der Waals surface area contributed by atoms with E-state index in [-0.39, 0.29) is 0 Å². The smallest absolute Gasteiger partial charge is 0.119 e. The monoisotopic (exact) mass is 251 g/mol. The minimum Gasteiger partial charge on any atom is -0.491 e. The van der Waals surface area contributed by atoms with Crippen LogP contribution in [0.5, 0.6) is 5.75 Å². The highest BCUT2D eigenvalue weighted by Gasteiger charge is 2.06. The van der Waals surface area contributed by atoms with Crippen molar-refractivity contribution in [1.82, 2.24) is 5.32 Å². The number of aliphatic hydroxyl groups excluding tert-OH is 1. The van der Waals surface area contributed by atoms with Crippen LogP contribution in [0.2, 0.25) is 0 Å². The molecule has 0 aliphatic heterocycles. The molecule has 0 spiro atoms. The van der Waals surface area contributed by atoms with E-state index in [1.54, 1.807) is 0 Å². The number of hydrogen-bond donors (Lipinski definition) is 2. The van der Waals surface area contributed by atoms with Crippen molar-refractivity contribution in [3.63, 3.8) is 0 Å². The van der Waals surface area contributed by atoms with Crippen LogP contribution in [0.25, 0.3) is 0 Å². The lowest BCUT2D eigenvalue weighted by Gasteiger charge is -2.16. The van der Waals surface area contributed by atoms with Gasteiger partial charge in [0.1, 0.15) is 18.5 Å². The highest BCUT2D eigenvalue weighted by Crippen LogP contribution is 2.12. The third-order valence-electron chi connectivity index (χ3n) is 3.09. The maximum Gasteiger partial charge on any atom is 0.119 e. The van der Waals surface area contributed by atoms with E-state index in [0.717, 1.165) is 18.6 Å². The Morgan fingerprint density at radius 3 is 2.44 bits per heavy atom. The summed E-state index contributed by atoms with van der Waals surface area (Å²) >= 11 is 0. The third kappa shape index (κ3) is 5.52. The van der Waals surface area contributed by atoms with Gasteiger partial charge in [0.25, 0.3) is 0 Å². The van der Waals surface area contributed by atoms with Gasteiger partial charge in [-0.3, -0.25) is 0 Å². The molecule has 0 saturated carbocycles. The topological polar surface area (TPSA) is 41.5 Å². The molecule has 18 heavy (non-hydrogen) atoms. The molecule has 2 N–H and O–H groups in total. The Kier molecular flexibility index (Phi) is 6.76. The number of nitrogens with one attached hydrogen (secondary N) is 1. The highest BCUT2D eigenvalue weighted by molar-refractivity contribution is 5.27. The van der Waals surface area contributed by atoms with Gasteiger partial charge in [0, 0.05) is 12.6 Å². The zero-order chi connectivity index (χ0) is 13.4. The van der Waals surface area contributed by atoms with Crippen molar-refractivity contribution in [1.29, 1.82) is 0 Å². The number of aryl methyl sites for hydroxylation is 1. The minimum atomic E-state index is -0.468. The van der Waals surface area contributed by atoms with E-state index in [9.17, 15) is 5.11 Å². The Morgan fingerprint density at radius 2 is 1.89 bits per heavy atom. The van der Waals surface area contributed by atoms with Crippen molar-refractivity contribution in [2.24, 2.45) is 0 Å². The van der Waals surface area contributed by atoms with Gasteiger partial charge in [0.15, 0.2) is 0 Å². The van der Waals surface area contributed by atoms with E-state index in [1.807, 2.05) is 12.1 Å². The first-order valence-corrected chi connectivity index (χ1v) is 6.78. The van der Waals surface area contributed by atoms with Crippen LogP contribution in [0.3, 0.4) is 0 Å². The molecule has 1 aromatic carbocycles. The van der Waals surface area contributed by atoms with Crippen LogP contribution in [-0.2, 0) is 6.42 Å². The largest absolute Gasteiger partial charge is 0.491 e. The van der Waals surface area contributed by atoms with Gasteiger partial charge in [0.2, 0.25) is 0 Å². The quantitative estimate of drug-likeness (QED) is 0.745. The van der Waals surface area contributed by atoms with Crippen LogP contribution < -0.4 is 10.1 Å². The molecular formula is C15H25NO2. The van der Waals surface area contributed by atoms with Crippen LogP contribution in [0.1, 0.15) is 32.8 Å². The predicted molar refractivity (Wildman–Crippen MR) is 75.1 cm³/mol. The van der Waals surface area contributed by atoms with Crippen LogP contribution >= 0.6 is 0 Å². The summed E-state index contributed by atoms with van der Waals surface area (Å²) in [5, 5.41) is 13.0. The van der Waals surface area contributed by atoms with Gasteiger partial charge in [-0.1, -0.05) is 26.0 Å². The van der Waals surface area contributed by atoms with Crippen LogP contribution in [0.15, 0.2) is 24.3 Å². The molecule has 2 unspecified atom stereocenters. The van der Waals surface area contributed by atoms with E-state index in [2.05, 4.69) is 38.2 Å². The zero-order valence-electron chi connectivity index (χ0n) is 11.6. The van der Waals surface area contributed by atoms with Crippen LogP contribution in [0.4, 0.5) is 0 Å². The van der Waals surface area contributed by atoms with Crippen molar-refractivity contribution >= 4 is 0 Å². The molecule has 102 valence electrons. The fourth-order valence-corrected chi connectivity index (χ4v) is 1.55. The van der Waals surface area contributed by atoms with Crippen molar-refractivity contribution in [3.05, 3.63) is 29.8 Å². The van der Waals surface area contributed by atoms with Gasteiger partial charge in [-0.15, -0.1) is 0 Å². The third-order valence-corrected chi connectivity index (χ3v) is 3.09. The van der Waals surface area contributed by atoms with Gasteiger partial charge in [-0.05, 0) is 37.5 Å². The van der Waals surface area contributed by atoms with Gasteiger partial charge >= 0.3 is 0 Å². The predicted octanol–water partition coefficient (Wildman–Crippen LogP) is 2.38. The van der Waals surface area contributed by atoms with Crippen molar-refractivity contribution < 1.29 is 9.84 Å². The van der Waals surface area contributed by atoms with Crippen molar-refractivity contribution in [3.8, 4) is 5.75 Å². The van der Waals surface area contributed by atoms with E-state index < -0.39 is 6.10 Å². The molecule has 1 rings (SSSR count). The first-order chi connectivity index (χ1) is 8.65. The Bertz CT molecular complexity index is 324. The lowest BCUT2D eigenvalue weighted by atomic mass is 10.2. The lowest BCUT2D eigenvalue weighted by molar-refractivity contribution is 0.104. The van der Waals surface area contributed by atoms with Gasteiger partial charge in [-0.2, -0.15) is 0 Å². The van der Waals surface area contributed by atoms with Crippen molar-refractivity contribution in [2.75, 3.05) is 13.2 Å². The second kappa shape index (κ2) is 8.11. The summed E-state index contributed by atoms with van der Waals surface area (Å²) in [6, 6.07) is 8.45. The maximum absolute atomic E-state index is 9.77. The fourth-order valence-electron chi connectivity index (χ4n) is 1.55. The van der Waals surface area contributed by atoms with E-state index in [0.29, 0.717) is 19.2 Å². The molecule has 0 aliphatic rings. The summed E-state index contributed by atoms with van der Waals surface area (Å²) in [5.74, 6) is 0.815. The Balaban J connectivity index is 2.26. The summed E-state index contributed by atoms with van der Waals surface area (Å²) < 4.78 is 5.54.